The monoisotopic (exact) mass is 268 g/mol. The van der Waals surface area contributed by atoms with Crippen LogP contribution < -0.4 is 0 Å². The Hall–Kier alpha value is 0.640. The Labute approximate surface area is 106 Å². The highest BCUT2D eigenvalue weighted by Crippen LogP contribution is 2.36. The molecule has 0 aromatic rings. The highest BCUT2D eigenvalue weighted by Gasteiger charge is 1.97. The lowest BCUT2D eigenvalue weighted by Gasteiger charge is -2.03. The Balaban J connectivity index is 2.88. The van der Waals surface area contributed by atoms with Crippen LogP contribution in [0.2, 0.25) is 0 Å². The van der Waals surface area contributed by atoms with Crippen LogP contribution in [0.1, 0.15) is 71.1 Å². The first-order valence-electron chi connectivity index (χ1n) is 6.55. The van der Waals surface area contributed by atoms with E-state index in [1.807, 2.05) is 0 Å². The molecule has 0 saturated carbocycles. The van der Waals surface area contributed by atoms with Crippen molar-refractivity contribution in [2.45, 2.75) is 71.1 Å². The zero-order valence-corrected chi connectivity index (χ0v) is 12.1. The van der Waals surface area contributed by atoms with E-state index < -0.39 is 7.73 Å². The highest BCUT2D eigenvalue weighted by molar-refractivity contribution is 7.75. The van der Waals surface area contributed by atoms with E-state index in [9.17, 15) is 0 Å². The summed E-state index contributed by atoms with van der Waals surface area (Å²) in [4.78, 5) is 8.70. The van der Waals surface area contributed by atoms with Crippen LogP contribution in [0.5, 0.6) is 0 Å². The minimum atomic E-state index is -1.66. The quantitative estimate of drug-likeness (QED) is 0.380. The molecule has 0 bridgehead atoms. The van der Waals surface area contributed by atoms with Gasteiger partial charge in [-0.1, -0.05) is 64.7 Å². The van der Waals surface area contributed by atoms with Crippen molar-refractivity contribution < 1.29 is 9.42 Å². The molecule has 2 nitrogen and oxygen atoms in total. The van der Waals surface area contributed by atoms with Gasteiger partial charge in [-0.25, -0.2) is 0 Å². The number of hydrogen-bond acceptors (Lipinski definition) is 2. The fourth-order valence-electron chi connectivity index (χ4n) is 1.73. The van der Waals surface area contributed by atoms with Gasteiger partial charge in [0.05, 0.1) is 6.61 Å². The van der Waals surface area contributed by atoms with E-state index in [-0.39, 0.29) is 0 Å². The summed E-state index contributed by atoms with van der Waals surface area (Å²) in [6, 6.07) is 0. The Kier molecular flexibility index (Phi) is 14.3. The first-order valence-corrected chi connectivity index (χ1v) is 8.66. The van der Waals surface area contributed by atoms with E-state index in [2.05, 4.69) is 6.92 Å². The van der Waals surface area contributed by atoms with Gasteiger partial charge in [0.2, 0.25) is 0 Å². The summed E-state index contributed by atoms with van der Waals surface area (Å²) in [6.07, 6.45) is 13.1. The lowest BCUT2D eigenvalue weighted by atomic mass is 10.1. The molecular weight excluding hydrogens is 243 g/mol. The third-order valence-corrected chi connectivity index (χ3v) is 3.38. The zero-order chi connectivity index (χ0) is 12.1. The summed E-state index contributed by atoms with van der Waals surface area (Å²) >= 11 is 5.30. The van der Waals surface area contributed by atoms with Gasteiger partial charge >= 0.3 is 0 Å². The Morgan fingerprint density at radius 1 is 0.875 bits per heavy atom. The fourth-order valence-corrected chi connectivity index (χ4v) is 2.22. The van der Waals surface area contributed by atoms with E-state index in [0.717, 1.165) is 6.42 Å². The molecule has 0 fully saturated rings. The van der Waals surface area contributed by atoms with Gasteiger partial charge in [-0.05, 0) is 17.7 Å². The van der Waals surface area contributed by atoms with Crippen LogP contribution in [-0.2, 0) is 4.52 Å². The molecule has 0 radical (unpaired) electrons. The predicted molar refractivity (Wildman–Crippen MR) is 72.8 cm³/mol. The topological polar surface area (TPSA) is 29.5 Å². The summed E-state index contributed by atoms with van der Waals surface area (Å²) < 4.78 is 4.90. The molecule has 0 rings (SSSR count). The molecule has 0 saturated heterocycles. The van der Waals surface area contributed by atoms with Crippen molar-refractivity contribution in [2.75, 3.05) is 6.61 Å². The lowest BCUT2D eigenvalue weighted by molar-refractivity contribution is 0.308. The van der Waals surface area contributed by atoms with E-state index in [4.69, 9.17) is 20.7 Å². The van der Waals surface area contributed by atoms with Crippen molar-refractivity contribution in [3.8, 4) is 0 Å². The van der Waals surface area contributed by atoms with Crippen LogP contribution >= 0.6 is 19.0 Å². The van der Waals surface area contributed by atoms with Crippen LogP contribution in [0.15, 0.2) is 0 Å². The Bertz CT molecular complexity index is 134. The molecule has 0 spiro atoms. The van der Waals surface area contributed by atoms with Crippen molar-refractivity contribution in [1.29, 1.82) is 0 Å². The molecule has 1 unspecified atom stereocenters. The smallest absolute Gasteiger partial charge is 0.274 e. The third kappa shape index (κ3) is 14.6. The minimum Gasteiger partial charge on any atom is -0.338 e. The first kappa shape index (κ1) is 16.6. The van der Waals surface area contributed by atoms with Gasteiger partial charge in [-0.2, -0.15) is 0 Å². The fraction of sp³-hybridized carbons (Fsp3) is 1.00. The van der Waals surface area contributed by atoms with Gasteiger partial charge in [-0.3, -0.25) is 0 Å². The summed E-state index contributed by atoms with van der Waals surface area (Å²) in [5.74, 6) is 0. The molecule has 0 aromatic carbocycles. The Morgan fingerprint density at radius 2 is 1.31 bits per heavy atom. The Morgan fingerprint density at radius 3 is 1.75 bits per heavy atom. The normalized spacial score (nSPS) is 12.9. The molecule has 0 aliphatic rings. The minimum absolute atomic E-state index is 0.599. The van der Waals surface area contributed by atoms with Gasteiger partial charge in [0, 0.05) is 0 Å². The van der Waals surface area contributed by atoms with E-state index >= 15 is 0 Å². The standard InChI is InChI=1S/C12H26ClO2P/c1-2-3-4-5-6-7-8-9-10-11-12-15-16(13)14/h14H,2-12H2,1H3. The predicted octanol–water partition coefficient (Wildman–Crippen LogP) is 5.38. The second-order valence-corrected chi connectivity index (χ2v) is 5.82. The van der Waals surface area contributed by atoms with Gasteiger partial charge in [0.15, 0.2) is 0 Å². The van der Waals surface area contributed by atoms with Crippen molar-refractivity contribution in [3.05, 3.63) is 0 Å². The van der Waals surface area contributed by atoms with Gasteiger partial charge in [0.25, 0.3) is 7.73 Å². The molecule has 1 N–H and O–H groups in total. The molecule has 0 aromatic heterocycles. The molecule has 0 amide bonds. The average molecular weight is 269 g/mol. The number of hydrogen-bond donors (Lipinski definition) is 1. The van der Waals surface area contributed by atoms with Gasteiger partial charge < -0.3 is 9.42 Å². The largest absolute Gasteiger partial charge is 0.338 e. The summed E-state index contributed by atoms with van der Waals surface area (Å²) in [6.45, 7) is 2.85. The average Bonchev–Trinajstić information content (AvgIpc) is 2.25. The molecule has 0 heterocycles. The number of rotatable bonds is 12. The summed E-state index contributed by atoms with van der Waals surface area (Å²) in [7, 11) is -1.66. The summed E-state index contributed by atoms with van der Waals surface area (Å²) in [5.41, 5.74) is 0. The summed E-state index contributed by atoms with van der Waals surface area (Å²) in [5, 5.41) is 0. The van der Waals surface area contributed by atoms with E-state index in [0.29, 0.717) is 6.61 Å². The van der Waals surface area contributed by atoms with Crippen molar-refractivity contribution in [2.24, 2.45) is 0 Å². The van der Waals surface area contributed by atoms with Crippen LogP contribution in [0, 0.1) is 0 Å². The molecule has 4 heteroatoms. The molecule has 0 aliphatic carbocycles. The molecule has 16 heavy (non-hydrogen) atoms. The van der Waals surface area contributed by atoms with Crippen LogP contribution in [-0.4, -0.2) is 11.5 Å². The lowest BCUT2D eigenvalue weighted by Crippen LogP contribution is -1.88. The third-order valence-electron chi connectivity index (χ3n) is 2.70. The zero-order valence-electron chi connectivity index (χ0n) is 10.5. The first-order chi connectivity index (χ1) is 7.77. The maximum atomic E-state index is 8.70. The van der Waals surface area contributed by atoms with Crippen molar-refractivity contribution in [1.82, 2.24) is 0 Å². The van der Waals surface area contributed by atoms with E-state index in [1.165, 1.54) is 57.8 Å². The van der Waals surface area contributed by atoms with Crippen LogP contribution in [0.25, 0.3) is 0 Å². The van der Waals surface area contributed by atoms with Crippen molar-refractivity contribution >= 4 is 19.0 Å². The molecule has 1 atom stereocenters. The van der Waals surface area contributed by atoms with Crippen LogP contribution in [0.4, 0.5) is 0 Å². The van der Waals surface area contributed by atoms with E-state index in [1.54, 1.807) is 0 Å². The number of unbranched alkanes of at least 4 members (excludes halogenated alkanes) is 9. The second kappa shape index (κ2) is 13.7. The molecule has 0 aliphatic heterocycles. The molecular formula is C12H26ClO2P. The SMILES string of the molecule is CCCCCCCCCCCCOP(O)Cl. The maximum absolute atomic E-state index is 8.70. The van der Waals surface area contributed by atoms with Crippen LogP contribution in [0.3, 0.4) is 0 Å². The molecule has 98 valence electrons. The van der Waals surface area contributed by atoms with Gasteiger partial charge in [0.1, 0.15) is 0 Å². The maximum Gasteiger partial charge on any atom is 0.274 e. The van der Waals surface area contributed by atoms with Gasteiger partial charge in [-0.15, -0.1) is 0 Å². The van der Waals surface area contributed by atoms with Crippen molar-refractivity contribution in [3.63, 3.8) is 0 Å². The number of halogens is 1. The second-order valence-electron chi connectivity index (χ2n) is 4.24. The highest BCUT2D eigenvalue weighted by atomic mass is 35.7.